The van der Waals surface area contributed by atoms with E-state index < -0.39 is 0 Å². The van der Waals surface area contributed by atoms with Gasteiger partial charge in [0.15, 0.2) is 0 Å². The minimum Gasteiger partial charge on any atom is -0.397 e. The van der Waals surface area contributed by atoms with E-state index >= 15 is 0 Å². The molecular weight excluding hydrogens is 332 g/mol. The lowest BCUT2D eigenvalue weighted by molar-refractivity contribution is 0.103. The molecule has 0 aliphatic heterocycles. The number of amides is 1. The van der Waals surface area contributed by atoms with E-state index in [0.717, 1.165) is 15.8 Å². The molecule has 0 unspecified atom stereocenters. The zero-order chi connectivity index (χ0) is 18.0. The van der Waals surface area contributed by atoms with Gasteiger partial charge in [0, 0.05) is 40.6 Å². The van der Waals surface area contributed by atoms with Gasteiger partial charge in [-0.1, -0.05) is 11.8 Å². The largest absolute Gasteiger partial charge is 0.397 e. The second-order valence-electron chi connectivity index (χ2n) is 6.61. The topological polar surface area (TPSA) is 80.9 Å². The molecule has 0 aliphatic rings. The van der Waals surface area contributed by atoms with Crippen molar-refractivity contribution in [2.24, 2.45) is 5.41 Å². The number of nitrogen functional groups attached to an aromatic ring is 1. The van der Waals surface area contributed by atoms with Gasteiger partial charge in [-0.25, -0.2) is 4.98 Å². The van der Waals surface area contributed by atoms with E-state index in [2.05, 4.69) is 27.1 Å². The number of hydrogen-bond acceptors (Lipinski definition) is 5. The Labute approximate surface area is 150 Å². The Hall–Kier alpha value is -2.91. The highest BCUT2D eigenvalue weighted by molar-refractivity contribution is 7.21. The molecule has 6 heteroatoms. The number of nitrogens with zero attached hydrogens (tertiary/aromatic N) is 2. The van der Waals surface area contributed by atoms with Crippen LogP contribution in [0.5, 0.6) is 0 Å². The Kier molecular flexibility index (Phi) is 4.43. The quantitative estimate of drug-likeness (QED) is 0.686. The molecule has 3 N–H and O–H groups in total. The van der Waals surface area contributed by atoms with Crippen molar-refractivity contribution in [3.63, 3.8) is 0 Å². The van der Waals surface area contributed by atoms with E-state index in [1.165, 1.54) is 11.3 Å². The summed E-state index contributed by atoms with van der Waals surface area (Å²) >= 11 is 1.27. The van der Waals surface area contributed by atoms with Crippen LogP contribution in [0.15, 0.2) is 36.8 Å². The maximum Gasteiger partial charge on any atom is 0.267 e. The average Bonchev–Trinajstić information content (AvgIpc) is 2.90. The highest BCUT2D eigenvalue weighted by Gasteiger charge is 2.17. The predicted octanol–water partition coefficient (Wildman–Crippen LogP) is 3.92. The van der Waals surface area contributed by atoms with Crippen molar-refractivity contribution in [2.75, 3.05) is 11.1 Å². The van der Waals surface area contributed by atoms with Crippen molar-refractivity contribution >= 4 is 38.8 Å². The highest BCUT2D eigenvalue weighted by atomic mass is 32.1. The number of carbonyl (C=O) groups excluding carboxylic acids is 1. The van der Waals surface area contributed by atoms with E-state index in [9.17, 15) is 4.79 Å². The van der Waals surface area contributed by atoms with Gasteiger partial charge in [-0.3, -0.25) is 9.78 Å². The Balaban J connectivity index is 1.94. The van der Waals surface area contributed by atoms with Crippen LogP contribution in [0.25, 0.3) is 10.2 Å². The van der Waals surface area contributed by atoms with E-state index in [0.29, 0.717) is 16.3 Å². The number of rotatable bonds is 2. The summed E-state index contributed by atoms with van der Waals surface area (Å²) in [5.74, 6) is 6.03. The van der Waals surface area contributed by atoms with Gasteiger partial charge in [0.05, 0.1) is 5.69 Å². The molecule has 0 aromatic carbocycles. The molecule has 5 nitrogen and oxygen atoms in total. The van der Waals surface area contributed by atoms with Crippen LogP contribution in [-0.2, 0) is 0 Å². The van der Waals surface area contributed by atoms with Gasteiger partial charge in [0.2, 0.25) is 0 Å². The van der Waals surface area contributed by atoms with Crippen LogP contribution >= 0.6 is 11.3 Å². The summed E-state index contributed by atoms with van der Waals surface area (Å²) in [5.41, 5.74) is 7.98. The number of thiophene rings is 1. The number of nitrogens with two attached hydrogens (primary N) is 1. The molecule has 3 heterocycles. The van der Waals surface area contributed by atoms with Crippen molar-refractivity contribution in [1.82, 2.24) is 9.97 Å². The molecule has 3 aromatic heterocycles. The predicted molar refractivity (Wildman–Crippen MR) is 103 cm³/mol. The average molecular weight is 350 g/mol. The number of pyridine rings is 2. The van der Waals surface area contributed by atoms with Crippen LogP contribution in [0.2, 0.25) is 0 Å². The lowest BCUT2D eigenvalue weighted by Crippen LogP contribution is -2.11. The number of fused-ring (bicyclic) bond motifs is 1. The Morgan fingerprint density at radius 3 is 2.68 bits per heavy atom. The van der Waals surface area contributed by atoms with Crippen LogP contribution < -0.4 is 11.1 Å². The molecule has 126 valence electrons. The minimum absolute atomic E-state index is 0.0925. The third-order valence-electron chi connectivity index (χ3n) is 3.31. The van der Waals surface area contributed by atoms with Gasteiger partial charge < -0.3 is 11.1 Å². The molecule has 0 aliphatic carbocycles. The Morgan fingerprint density at radius 1 is 1.28 bits per heavy atom. The van der Waals surface area contributed by atoms with E-state index in [1.807, 2.05) is 26.8 Å². The lowest BCUT2D eigenvalue weighted by atomic mass is 9.97. The second-order valence-corrected chi connectivity index (χ2v) is 7.61. The normalized spacial score (nSPS) is 11.0. The molecule has 0 saturated heterocycles. The molecule has 0 fully saturated rings. The highest BCUT2D eigenvalue weighted by Crippen LogP contribution is 2.33. The summed E-state index contributed by atoms with van der Waals surface area (Å²) < 4.78 is 0. The molecule has 3 rings (SSSR count). The Bertz CT molecular complexity index is 991. The van der Waals surface area contributed by atoms with Crippen LogP contribution in [0.3, 0.4) is 0 Å². The number of hydrogen-bond donors (Lipinski definition) is 2. The third-order valence-corrected chi connectivity index (χ3v) is 4.44. The fourth-order valence-corrected chi connectivity index (χ4v) is 3.06. The number of carbonyl (C=O) groups is 1. The molecular formula is C19H18N4OS. The smallest absolute Gasteiger partial charge is 0.267 e. The number of anilines is 2. The van der Waals surface area contributed by atoms with E-state index in [1.54, 1.807) is 30.7 Å². The fourth-order valence-electron chi connectivity index (χ4n) is 2.12. The first-order valence-electron chi connectivity index (χ1n) is 7.76. The van der Waals surface area contributed by atoms with Gasteiger partial charge in [0.1, 0.15) is 9.71 Å². The minimum atomic E-state index is -0.256. The van der Waals surface area contributed by atoms with Gasteiger partial charge in [0.25, 0.3) is 5.91 Å². The first-order valence-corrected chi connectivity index (χ1v) is 8.58. The van der Waals surface area contributed by atoms with E-state index in [4.69, 9.17) is 5.73 Å². The lowest BCUT2D eigenvalue weighted by Gasteiger charge is -2.06. The van der Waals surface area contributed by atoms with Gasteiger partial charge in [-0.15, -0.1) is 11.3 Å². The van der Waals surface area contributed by atoms with Crippen LogP contribution in [-0.4, -0.2) is 15.9 Å². The molecule has 0 radical (unpaired) electrons. The summed E-state index contributed by atoms with van der Waals surface area (Å²) in [7, 11) is 0. The summed E-state index contributed by atoms with van der Waals surface area (Å²) in [5, 5.41) is 3.57. The maximum absolute atomic E-state index is 12.5. The standard InChI is InChI=1S/C19H18N4OS/c1-19(2,3)7-4-12-10-14-15(20)16(25-18(14)22-11-12)17(24)23-13-5-8-21-9-6-13/h5-6,8-11H,20H2,1-3H3,(H,21,23,24). The van der Waals surface area contributed by atoms with Crippen LogP contribution in [0.4, 0.5) is 11.4 Å². The zero-order valence-corrected chi connectivity index (χ0v) is 15.1. The van der Waals surface area contributed by atoms with Crippen LogP contribution in [0, 0.1) is 17.3 Å². The zero-order valence-electron chi connectivity index (χ0n) is 14.3. The monoisotopic (exact) mass is 350 g/mol. The molecule has 3 aromatic rings. The third kappa shape index (κ3) is 3.95. The number of aromatic nitrogens is 2. The van der Waals surface area contributed by atoms with Crippen molar-refractivity contribution in [3.05, 3.63) is 47.2 Å². The SMILES string of the molecule is CC(C)(C)C#Cc1cnc2sc(C(=O)Nc3ccncc3)c(N)c2c1. The van der Waals surface area contributed by atoms with Gasteiger partial charge in [-0.2, -0.15) is 0 Å². The first-order chi connectivity index (χ1) is 11.8. The summed E-state index contributed by atoms with van der Waals surface area (Å²) in [6, 6.07) is 5.33. The van der Waals surface area contributed by atoms with Gasteiger partial charge >= 0.3 is 0 Å². The molecule has 0 saturated carbocycles. The van der Waals surface area contributed by atoms with Crippen LogP contribution in [0.1, 0.15) is 36.0 Å². The summed E-state index contributed by atoms with van der Waals surface area (Å²) in [4.78, 5) is 22.0. The second kappa shape index (κ2) is 6.54. The molecule has 0 bridgehead atoms. The Morgan fingerprint density at radius 2 is 2.00 bits per heavy atom. The maximum atomic E-state index is 12.5. The van der Waals surface area contributed by atoms with Gasteiger partial charge in [-0.05, 0) is 39.0 Å². The molecule has 1 amide bonds. The summed E-state index contributed by atoms with van der Waals surface area (Å²) in [6.07, 6.45) is 4.94. The fraction of sp³-hybridized carbons (Fsp3) is 0.211. The molecule has 0 atom stereocenters. The van der Waals surface area contributed by atoms with Crippen molar-refractivity contribution in [2.45, 2.75) is 20.8 Å². The number of nitrogens with one attached hydrogen (secondary N) is 1. The molecule has 0 spiro atoms. The molecule has 25 heavy (non-hydrogen) atoms. The van der Waals surface area contributed by atoms with Crippen molar-refractivity contribution in [1.29, 1.82) is 0 Å². The van der Waals surface area contributed by atoms with Crippen molar-refractivity contribution < 1.29 is 4.79 Å². The summed E-state index contributed by atoms with van der Waals surface area (Å²) in [6.45, 7) is 6.14. The first kappa shape index (κ1) is 16.9. The van der Waals surface area contributed by atoms with E-state index in [-0.39, 0.29) is 11.3 Å². The van der Waals surface area contributed by atoms with Crippen molar-refractivity contribution in [3.8, 4) is 11.8 Å².